The molecule has 0 saturated heterocycles. The lowest BCUT2D eigenvalue weighted by molar-refractivity contribution is -0.933. The summed E-state index contributed by atoms with van der Waals surface area (Å²) in [7, 11) is 0. The summed E-state index contributed by atoms with van der Waals surface area (Å²) >= 11 is 0. The van der Waals surface area contributed by atoms with Crippen molar-refractivity contribution in [1.29, 1.82) is 0 Å². The van der Waals surface area contributed by atoms with Crippen LogP contribution in [-0.2, 0) is 14.4 Å². The Balaban J connectivity index is 5.34. The highest BCUT2D eigenvalue weighted by atomic mass is 16.4. The topological polar surface area (TPSA) is 112 Å². The van der Waals surface area contributed by atoms with Crippen molar-refractivity contribution in [3.63, 3.8) is 0 Å². The van der Waals surface area contributed by atoms with Gasteiger partial charge in [0.2, 0.25) is 0 Å². The molecule has 0 radical (unpaired) electrons. The molecule has 0 fully saturated rings. The van der Waals surface area contributed by atoms with Gasteiger partial charge in [0.25, 0.3) is 0 Å². The van der Waals surface area contributed by atoms with E-state index in [0.717, 1.165) is 12.8 Å². The van der Waals surface area contributed by atoms with Crippen molar-refractivity contribution in [2.45, 2.75) is 66.2 Å². The van der Waals surface area contributed by atoms with E-state index in [-0.39, 0.29) is 24.1 Å². The average Bonchev–Trinajstić information content (AvgIpc) is 2.63. The largest absolute Gasteiger partial charge is 0.481 e. The summed E-state index contributed by atoms with van der Waals surface area (Å²) in [5.74, 6) is -4.92. The number of nitrogens with zero attached hydrogens (tertiary/aromatic N) is 1. The molecule has 0 amide bonds. The van der Waals surface area contributed by atoms with Crippen LogP contribution in [0.25, 0.3) is 0 Å². The molecular weight excluding hydrogens is 374 g/mol. The molecule has 3 unspecified atom stereocenters. The molecular formula is C22H40NO6+. The number of carboxylic acids is 3. The number of unbranched alkanes of at least 4 members (excludes halogenated alkanes) is 4. The fourth-order valence-corrected chi connectivity index (χ4v) is 3.75. The molecule has 3 atom stereocenters. The standard InChI is InChI=1S/C22H39NO6/c1-5-6-7-8-9-10-11-12-13-23(14-17(2)20(24)25,15-18(3)21(26)27)16-19(4)22(28)29/h10-11,17-19H,5-9,12-16H2,1-4H3,(H2-,24,25,26,27,28,29)/p+1/b11-10+. The van der Waals surface area contributed by atoms with Gasteiger partial charge in [-0.05, 0) is 33.6 Å². The van der Waals surface area contributed by atoms with Crippen LogP contribution in [0.5, 0.6) is 0 Å². The maximum absolute atomic E-state index is 11.5. The molecule has 7 heteroatoms. The zero-order chi connectivity index (χ0) is 22.4. The van der Waals surface area contributed by atoms with Crippen LogP contribution in [0.4, 0.5) is 0 Å². The predicted octanol–water partition coefficient (Wildman–Crippen LogP) is 3.88. The van der Waals surface area contributed by atoms with Crippen molar-refractivity contribution in [2.24, 2.45) is 17.8 Å². The molecule has 0 aromatic carbocycles. The van der Waals surface area contributed by atoms with Crippen molar-refractivity contribution >= 4 is 17.9 Å². The van der Waals surface area contributed by atoms with Crippen LogP contribution in [0, 0.1) is 17.8 Å². The maximum atomic E-state index is 11.5. The summed E-state index contributed by atoms with van der Waals surface area (Å²) in [6, 6.07) is 0. The van der Waals surface area contributed by atoms with Gasteiger partial charge < -0.3 is 19.8 Å². The van der Waals surface area contributed by atoms with E-state index in [0.29, 0.717) is 13.0 Å². The van der Waals surface area contributed by atoms with E-state index in [2.05, 4.69) is 19.1 Å². The van der Waals surface area contributed by atoms with Gasteiger partial charge in [0.15, 0.2) is 0 Å². The Morgan fingerprint density at radius 2 is 1.14 bits per heavy atom. The van der Waals surface area contributed by atoms with Crippen LogP contribution in [0.1, 0.15) is 66.2 Å². The van der Waals surface area contributed by atoms with Crippen LogP contribution in [-0.4, -0.2) is 63.9 Å². The Morgan fingerprint density at radius 1 is 0.724 bits per heavy atom. The van der Waals surface area contributed by atoms with E-state index in [4.69, 9.17) is 0 Å². The summed E-state index contributed by atoms with van der Waals surface area (Å²) in [6.45, 7) is 8.13. The van der Waals surface area contributed by atoms with Gasteiger partial charge in [0.05, 0.1) is 26.2 Å². The smallest absolute Gasteiger partial charge is 0.311 e. The number of quaternary nitrogens is 1. The first-order valence-corrected chi connectivity index (χ1v) is 10.7. The maximum Gasteiger partial charge on any atom is 0.311 e. The molecule has 0 bridgehead atoms. The molecule has 0 saturated carbocycles. The molecule has 3 N–H and O–H groups in total. The molecule has 0 aromatic rings. The molecule has 0 spiro atoms. The zero-order valence-electron chi connectivity index (χ0n) is 18.5. The monoisotopic (exact) mass is 414 g/mol. The van der Waals surface area contributed by atoms with E-state index in [1.807, 2.05) is 0 Å². The molecule has 0 heterocycles. The van der Waals surface area contributed by atoms with E-state index >= 15 is 0 Å². The Morgan fingerprint density at radius 3 is 1.52 bits per heavy atom. The second-order valence-electron chi connectivity index (χ2n) is 8.44. The second-order valence-corrected chi connectivity index (χ2v) is 8.44. The highest BCUT2D eigenvalue weighted by molar-refractivity contribution is 5.70. The number of hydrogen-bond donors (Lipinski definition) is 3. The molecule has 0 aliphatic heterocycles. The lowest BCUT2D eigenvalue weighted by Gasteiger charge is -2.42. The fourth-order valence-electron chi connectivity index (χ4n) is 3.75. The van der Waals surface area contributed by atoms with Crippen molar-refractivity contribution in [2.75, 3.05) is 26.2 Å². The molecule has 0 rings (SSSR count). The van der Waals surface area contributed by atoms with Gasteiger partial charge in [-0.1, -0.05) is 38.3 Å². The minimum atomic E-state index is -0.954. The van der Waals surface area contributed by atoms with E-state index in [9.17, 15) is 29.7 Å². The van der Waals surface area contributed by atoms with E-state index < -0.39 is 35.7 Å². The minimum Gasteiger partial charge on any atom is -0.481 e. The normalized spacial score (nSPS) is 16.8. The minimum absolute atomic E-state index is 0.175. The Bertz CT molecular complexity index is 490. The molecule has 0 aromatic heterocycles. The molecule has 7 nitrogen and oxygen atoms in total. The van der Waals surface area contributed by atoms with Crippen molar-refractivity contribution in [3.8, 4) is 0 Å². The molecule has 29 heavy (non-hydrogen) atoms. The number of carboxylic acid groups (broad SMARTS) is 3. The van der Waals surface area contributed by atoms with Crippen molar-refractivity contribution in [3.05, 3.63) is 12.2 Å². The van der Waals surface area contributed by atoms with Crippen LogP contribution in [0.2, 0.25) is 0 Å². The highest BCUT2D eigenvalue weighted by Crippen LogP contribution is 2.21. The van der Waals surface area contributed by atoms with Gasteiger partial charge in [-0.3, -0.25) is 14.4 Å². The van der Waals surface area contributed by atoms with E-state index in [1.165, 1.54) is 19.3 Å². The van der Waals surface area contributed by atoms with Crippen LogP contribution in [0.15, 0.2) is 12.2 Å². The quantitative estimate of drug-likeness (QED) is 0.189. The van der Waals surface area contributed by atoms with Crippen LogP contribution >= 0.6 is 0 Å². The lowest BCUT2D eigenvalue weighted by atomic mass is 10.0. The zero-order valence-corrected chi connectivity index (χ0v) is 18.5. The lowest BCUT2D eigenvalue weighted by Crippen LogP contribution is -2.57. The summed E-state index contributed by atoms with van der Waals surface area (Å²) in [4.78, 5) is 34.4. The van der Waals surface area contributed by atoms with Crippen molar-refractivity contribution < 1.29 is 34.2 Å². The van der Waals surface area contributed by atoms with Gasteiger partial charge in [0.1, 0.15) is 17.8 Å². The molecule has 0 aliphatic carbocycles. The van der Waals surface area contributed by atoms with Crippen molar-refractivity contribution in [1.82, 2.24) is 0 Å². The Kier molecular flexibility index (Phi) is 13.2. The third-order valence-electron chi connectivity index (χ3n) is 5.41. The van der Waals surface area contributed by atoms with Crippen LogP contribution < -0.4 is 0 Å². The third kappa shape index (κ3) is 11.6. The molecule has 168 valence electrons. The molecule has 0 aliphatic rings. The predicted molar refractivity (Wildman–Crippen MR) is 113 cm³/mol. The fraction of sp³-hybridized carbons (Fsp3) is 0.773. The Hall–Kier alpha value is -1.89. The van der Waals surface area contributed by atoms with Gasteiger partial charge in [-0.25, -0.2) is 0 Å². The summed E-state index contributed by atoms with van der Waals surface area (Å²) in [5.41, 5.74) is 0. The second kappa shape index (κ2) is 14.1. The summed E-state index contributed by atoms with van der Waals surface area (Å²) in [6.07, 6.45) is 10.6. The summed E-state index contributed by atoms with van der Waals surface area (Å²) < 4.78 is 0.175. The van der Waals surface area contributed by atoms with E-state index in [1.54, 1.807) is 20.8 Å². The van der Waals surface area contributed by atoms with Crippen LogP contribution in [0.3, 0.4) is 0 Å². The highest BCUT2D eigenvalue weighted by Gasteiger charge is 2.37. The first kappa shape index (κ1) is 27.1. The number of aliphatic carboxylic acids is 3. The number of carbonyl (C=O) groups is 3. The van der Waals surface area contributed by atoms with Gasteiger partial charge >= 0.3 is 17.9 Å². The van der Waals surface area contributed by atoms with Gasteiger partial charge in [-0.2, -0.15) is 0 Å². The number of hydrogen-bond acceptors (Lipinski definition) is 3. The summed E-state index contributed by atoms with van der Waals surface area (Å²) in [5, 5.41) is 28.2. The van der Waals surface area contributed by atoms with Gasteiger partial charge in [-0.15, -0.1) is 0 Å². The first-order valence-electron chi connectivity index (χ1n) is 10.7. The average molecular weight is 415 g/mol. The number of rotatable bonds is 17. The third-order valence-corrected chi connectivity index (χ3v) is 5.41. The first-order chi connectivity index (χ1) is 13.5. The Labute approximate surface area is 175 Å². The van der Waals surface area contributed by atoms with Gasteiger partial charge in [0, 0.05) is 6.42 Å². The number of allylic oxidation sites excluding steroid dienone is 1. The SMILES string of the molecule is CCCCCC/C=C/CC[N+](CC(C)C(=O)O)(CC(C)C(=O)O)CC(C)C(=O)O.